The summed E-state index contributed by atoms with van der Waals surface area (Å²) in [7, 11) is 0. The van der Waals surface area contributed by atoms with Crippen molar-refractivity contribution in [2.45, 2.75) is 245 Å². The topological polar surface area (TPSA) is 48.1 Å². The Kier molecular flexibility index (Phi) is 19.6. The highest BCUT2D eigenvalue weighted by molar-refractivity contribution is 5.67. The van der Waals surface area contributed by atoms with Crippen LogP contribution in [0.15, 0.2) is 24.3 Å². The fraction of sp³-hybridized carbons (Fsp3) is 0.769. The van der Waals surface area contributed by atoms with Crippen LogP contribution in [-0.2, 0) is 25.7 Å². The van der Waals surface area contributed by atoms with Crippen molar-refractivity contribution in [3.05, 3.63) is 46.5 Å². The molecule has 0 aliphatic heterocycles. The number of anilines is 4. The van der Waals surface area contributed by atoms with Gasteiger partial charge in [0.1, 0.15) is 0 Å². The van der Waals surface area contributed by atoms with Crippen LogP contribution < -0.4 is 21.3 Å². The number of nitrogens with one attached hydrogen (secondary N) is 4. The van der Waals surface area contributed by atoms with E-state index in [1.165, 1.54) is 214 Å². The van der Waals surface area contributed by atoms with Gasteiger partial charge in [-0.15, -0.1) is 0 Å². The molecule has 0 unspecified atom stereocenters. The maximum Gasteiger partial charge on any atom is 0.0395 e. The van der Waals surface area contributed by atoms with Gasteiger partial charge in [0.05, 0.1) is 0 Å². The van der Waals surface area contributed by atoms with Gasteiger partial charge in [0.25, 0.3) is 0 Å². The van der Waals surface area contributed by atoms with Crippen molar-refractivity contribution < 1.29 is 0 Å². The Morgan fingerprint density at radius 2 is 0.661 bits per heavy atom. The molecule has 56 heavy (non-hydrogen) atoms. The number of hydrogen-bond acceptors (Lipinski definition) is 4. The molecular formula is C52H88N4. The van der Waals surface area contributed by atoms with E-state index in [2.05, 4.69) is 87.1 Å². The minimum atomic E-state index is 0.665. The zero-order chi connectivity index (χ0) is 39.5. The number of hydrogen-bond donors (Lipinski definition) is 4. The summed E-state index contributed by atoms with van der Waals surface area (Å²) in [5.74, 6) is 1.38. The van der Waals surface area contributed by atoms with Crippen molar-refractivity contribution in [2.24, 2.45) is 11.8 Å². The molecule has 4 saturated carbocycles. The molecule has 4 aliphatic carbocycles. The number of benzene rings is 2. The third-order valence-corrected chi connectivity index (χ3v) is 13.4. The average Bonchev–Trinajstić information content (AvgIpc) is 3.20. The van der Waals surface area contributed by atoms with E-state index in [1.54, 1.807) is 11.1 Å². The standard InChI is InChI=1S/2C26H44N2/c1-19(2)15-21-17-22(16-20(3)4)26(28-24-13-9-6-10-14-24)18-25(21)27-23-11-7-5-8-12-23;1-3-5-13-21-19-22(14-6-4-2)26(28-24-17-11-8-12-18-24)20-25(21)27-23-15-9-7-10-16-23/h17-20,23-24,27-28H,5-16H2,1-4H3;19-20,23-24,27-28H,3-18H2,1-2H3. The van der Waals surface area contributed by atoms with Gasteiger partial charge in [-0.1, -0.05) is 144 Å². The van der Waals surface area contributed by atoms with Gasteiger partial charge in [-0.25, -0.2) is 0 Å². The normalized spacial score (nSPS) is 19.1. The summed E-state index contributed by atoms with van der Waals surface area (Å²) in [5.41, 5.74) is 11.9. The second-order valence-electron chi connectivity index (χ2n) is 19.7. The molecule has 0 aromatic heterocycles. The lowest BCUT2D eigenvalue weighted by atomic mass is 9.91. The molecule has 4 fully saturated rings. The lowest BCUT2D eigenvalue weighted by Crippen LogP contribution is -2.25. The minimum Gasteiger partial charge on any atom is -0.382 e. The summed E-state index contributed by atoms with van der Waals surface area (Å²) in [6, 6.07) is 12.8. The monoisotopic (exact) mass is 769 g/mol. The molecule has 4 aliphatic rings. The Morgan fingerprint density at radius 1 is 0.393 bits per heavy atom. The highest BCUT2D eigenvalue weighted by atomic mass is 15.0. The molecule has 0 saturated heterocycles. The van der Waals surface area contributed by atoms with Crippen molar-refractivity contribution in [3.8, 4) is 0 Å². The molecule has 4 N–H and O–H groups in total. The maximum absolute atomic E-state index is 3.98. The molecule has 2 aromatic rings. The zero-order valence-corrected chi connectivity index (χ0v) is 37.6. The third kappa shape index (κ3) is 15.1. The number of rotatable bonds is 18. The van der Waals surface area contributed by atoms with Crippen molar-refractivity contribution in [3.63, 3.8) is 0 Å². The molecule has 2 aromatic carbocycles. The maximum atomic E-state index is 3.98. The summed E-state index contributed by atoms with van der Waals surface area (Å²) in [6.45, 7) is 14.0. The lowest BCUT2D eigenvalue weighted by Gasteiger charge is -2.29. The van der Waals surface area contributed by atoms with Crippen LogP contribution in [0.4, 0.5) is 22.7 Å². The van der Waals surface area contributed by atoms with Crippen LogP contribution in [-0.4, -0.2) is 24.2 Å². The first-order valence-corrected chi connectivity index (χ1v) is 24.7. The van der Waals surface area contributed by atoms with E-state index in [1.807, 2.05) is 0 Å². The Hall–Kier alpha value is -2.36. The second kappa shape index (κ2) is 24.5. The van der Waals surface area contributed by atoms with Crippen LogP contribution in [0.25, 0.3) is 0 Å². The van der Waals surface area contributed by atoms with Crippen LogP contribution in [0.3, 0.4) is 0 Å². The Bertz CT molecular complexity index is 1280. The van der Waals surface area contributed by atoms with Crippen LogP contribution in [0.1, 0.15) is 218 Å². The van der Waals surface area contributed by atoms with E-state index in [0.29, 0.717) is 36.0 Å². The van der Waals surface area contributed by atoms with Crippen LogP contribution >= 0.6 is 0 Å². The fourth-order valence-corrected chi connectivity index (χ4v) is 10.2. The first kappa shape index (κ1) is 44.7. The molecule has 0 amide bonds. The van der Waals surface area contributed by atoms with Gasteiger partial charge < -0.3 is 21.3 Å². The number of unbranched alkanes of at least 4 members (excludes halogenated alkanes) is 2. The molecule has 4 nitrogen and oxygen atoms in total. The lowest BCUT2D eigenvalue weighted by molar-refractivity contribution is 0.461. The molecule has 0 heterocycles. The molecule has 0 bridgehead atoms. The second-order valence-corrected chi connectivity index (χ2v) is 19.7. The van der Waals surface area contributed by atoms with Gasteiger partial charge >= 0.3 is 0 Å². The van der Waals surface area contributed by atoms with Gasteiger partial charge in [0.2, 0.25) is 0 Å². The summed E-state index contributed by atoms with van der Waals surface area (Å²) >= 11 is 0. The molecule has 0 atom stereocenters. The van der Waals surface area contributed by atoms with E-state index in [-0.39, 0.29) is 0 Å². The highest BCUT2D eigenvalue weighted by Crippen LogP contribution is 2.35. The van der Waals surface area contributed by atoms with E-state index in [0.717, 1.165) is 0 Å². The van der Waals surface area contributed by atoms with Crippen molar-refractivity contribution in [1.82, 2.24) is 0 Å². The summed E-state index contributed by atoms with van der Waals surface area (Å²) in [4.78, 5) is 0. The van der Waals surface area contributed by atoms with Crippen molar-refractivity contribution in [2.75, 3.05) is 21.3 Å². The Labute approximate surface area is 346 Å². The fourth-order valence-electron chi connectivity index (χ4n) is 10.2. The molecule has 6 rings (SSSR count). The van der Waals surface area contributed by atoms with Crippen LogP contribution in [0.2, 0.25) is 0 Å². The van der Waals surface area contributed by atoms with Crippen molar-refractivity contribution >= 4 is 22.7 Å². The summed E-state index contributed by atoms with van der Waals surface area (Å²) in [6.07, 6.45) is 37.4. The molecule has 316 valence electrons. The molecule has 4 heteroatoms. The van der Waals surface area contributed by atoms with Gasteiger partial charge in [-0.05, 0) is 136 Å². The number of aryl methyl sites for hydroxylation is 2. The summed E-state index contributed by atoms with van der Waals surface area (Å²) in [5, 5.41) is 15.9. The van der Waals surface area contributed by atoms with Crippen LogP contribution in [0, 0.1) is 11.8 Å². The van der Waals surface area contributed by atoms with E-state index < -0.39 is 0 Å². The predicted octanol–water partition coefficient (Wildman–Crippen LogP) is 15.4. The Balaban J connectivity index is 0.000000214. The molecule has 0 spiro atoms. The first-order valence-electron chi connectivity index (χ1n) is 24.7. The first-order chi connectivity index (χ1) is 27.3. The van der Waals surface area contributed by atoms with E-state index in [9.17, 15) is 0 Å². The van der Waals surface area contributed by atoms with Gasteiger partial charge in [0, 0.05) is 46.9 Å². The van der Waals surface area contributed by atoms with Gasteiger partial charge in [-0.2, -0.15) is 0 Å². The predicted molar refractivity (Wildman–Crippen MR) is 249 cm³/mol. The average molecular weight is 769 g/mol. The zero-order valence-electron chi connectivity index (χ0n) is 37.6. The van der Waals surface area contributed by atoms with E-state index >= 15 is 0 Å². The van der Waals surface area contributed by atoms with Crippen molar-refractivity contribution in [1.29, 1.82) is 0 Å². The Morgan fingerprint density at radius 3 is 0.929 bits per heavy atom. The SMILES string of the molecule is CC(C)Cc1cc(CC(C)C)c(NC2CCCCC2)cc1NC1CCCCC1.CCCCc1cc(CCCC)c(NC2CCCCC2)cc1NC1CCCCC1. The largest absolute Gasteiger partial charge is 0.382 e. The minimum absolute atomic E-state index is 0.665. The van der Waals surface area contributed by atoms with Gasteiger partial charge in [0.15, 0.2) is 0 Å². The summed E-state index contributed by atoms with van der Waals surface area (Å²) < 4.78 is 0. The van der Waals surface area contributed by atoms with Crippen LogP contribution in [0.5, 0.6) is 0 Å². The molecule has 0 radical (unpaired) electrons. The highest BCUT2D eigenvalue weighted by Gasteiger charge is 2.22. The van der Waals surface area contributed by atoms with Gasteiger partial charge in [-0.3, -0.25) is 0 Å². The third-order valence-electron chi connectivity index (χ3n) is 13.4. The molecular weight excluding hydrogens is 681 g/mol. The van der Waals surface area contributed by atoms with E-state index in [4.69, 9.17) is 0 Å². The smallest absolute Gasteiger partial charge is 0.0395 e. The quantitative estimate of drug-likeness (QED) is 0.122.